The summed E-state index contributed by atoms with van der Waals surface area (Å²) in [7, 11) is 4.06. The molecule has 4 heteroatoms. The molecular weight excluding hydrogens is 262 g/mol. The summed E-state index contributed by atoms with van der Waals surface area (Å²) in [5.41, 5.74) is 0.758. The molecule has 0 aliphatic carbocycles. The van der Waals surface area contributed by atoms with Crippen LogP contribution in [0.5, 0.6) is 0 Å². The van der Waals surface area contributed by atoms with Crippen LogP contribution >= 0.6 is 0 Å². The number of hydrogen-bond acceptors (Lipinski definition) is 3. The predicted octanol–water partition coefficient (Wildman–Crippen LogP) is 1.37. The summed E-state index contributed by atoms with van der Waals surface area (Å²) in [6, 6.07) is 10.4. The van der Waals surface area contributed by atoms with Crippen LogP contribution in [-0.2, 0) is 10.2 Å². The van der Waals surface area contributed by atoms with Gasteiger partial charge in [0.15, 0.2) is 0 Å². The standard InChI is InChI=1S/C17H27N3O/c1-14(13-20(2)3)19-16(21)17(9-11-18-12-10-17)15-7-5-4-6-8-15/h4-8,14,18H,9-13H2,1-3H3,(H,19,21). The molecule has 1 heterocycles. The van der Waals surface area contributed by atoms with E-state index in [1.807, 2.05) is 32.3 Å². The van der Waals surface area contributed by atoms with Crippen molar-refractivity contribution in [3.8, 4) is 0 Å². The summed E-state index contributed by atoms with van der Waals surface area (Å²) in [4.78, 5) is 15.1. The summed E-state index contributed by atoms with van der Waals surface area (Å²) in [5.74, 6) is 0.171. The Bertz CT molecular complexity index is 452. The van der Waals surface area contributed by atoms with E-state index in [1.54, 1.807) is 0 Å². The molecule has 1 unspecified atom stereocenters. The summed E-state index contributed by atoms with van der Waals surface area (Å²) in [5, 5.41) is 6.57. The third-order valence-electron chi connectivity index (χ3n) is 4.23. The van der Waals surface area contributed by atoms with Crippen LogP contribution in [0.1, 0.15) is 25.3 Å². The van der Waals surface area contributed by atoms with Gasteiger partial charge in [0.2, 0.25) is 5.91 Å². The molecule has 0 spiro atoms. The number of rotatable bonds is 5. The highest BCUT2D eigenvalue weighted by molar-refractivity contribution is 5.88. The first-order valence-corrected chi connectivity index (χ1v) is 7.76. The molecule has 1 aliphatic rings. The van der Waals surface area contributed by atoms with E-state index >= 15 is 0 Å². The van der Waals surface area contributed by atoms with Gasteiger partial charge in [-0.15, -0.1) is 0 Å². The van der Waals surface area contributed by atoms with Gasteiger partial charge in [0.25, 0.3) is 0 Å². The number of hydrogen-bond donors (Lipinski definition) is 2. The Morgan fingerprint density at radius 3 is 2.48 bits per heavy atom. The van der Waals surface area contributed by atoms with Gasteiger partial charge in [0.1, 0.15) is 0 Å². The Labute approximate surface area is 127 Å². The third kappa shape index (κ3) is 3.83. The van der Waals surface area contributed by atoms with E-state index in [9.17, 15) is 4.79 Å². The number of piperidine rings is 1. The highest BCUT2D eigenvalue weighted by Crippen LogP contribution is 2.33. The van der Waals surface area contributed by atoms with Gasteiger partial charge in [-0.2, -0.15) is 0 Å². The largest absolute Gasteiger partial charge is 0.352 e. The maximum absolute atomic E-state index is 13.0. The normalized spacial score (nSPS) is 19.2. The fourth-order valence-electron chi connectivity index (χ4n) is 3.21. The fourth-order valence-corrected chi connectivity index (χ4v) is 3.21. The van der Waals surface area contributed by atoms with Crippen LogP contribution in [0.15, 0.2) is 30.3 Å². The van der Waals surface area contributed by atoms with E-state index in [2.05, 4.69) is 34.6 Å². The van der Waals surface area contributed by atoms with Crippen molar-refractivity contribution >= 4 is 5.91 Å². The van der Waals surface area contributed by atoms with Gasteiger partial charge in [-0.05, 0) is 52.5 Å². The zero-order valence-corrected chi connectivity index (χ0v) is 13.4. The molecule has 1 saturated heterocycles. The van der Waals surface area contributed by atoms with Crippen molar-refractivity contribution in [3.05, 3.63) is 35.9 Å². The molecule has 1 aliphatic heterocycles. The van der Waals surface area contributed by atoms with Crippen LogP contribution in [0.25, 0.3) is 0 Å². The van der Waals surface area contributed by atoms with Gasteiger partial charge < -0.3 is 15.5 Å². The number of carbonyl (C=O) groups excluding carboxylic acids is 1. The minimum absolute atomic E-state index is 0.156. The molecule has 4 nitrogen and oxygen atoms in total. The quantitative estimate of drug-likeness (QED) is 0.860. The lowest BCUT2D eigenvalue weighted by Gasteiger charge is -2.37. The molecule has 1 fully saturated rings. The molecule has 0 saturated carbocycles. The van der Waals surface area contributed by atoms with Crippen LogP contribution in [0.4, 0.5) is 0 Å². The first kappa shape index (κ1) is 16.0. The Hall–Kier alpha value is -1.39. The zero-order valence-electron chi connectivity index (χ0n) is 13.4. The molecule has 21 heavy (non-hydrogen) atoms. The summed E-state index contributed by atoms with van der Waals surface area (Å²) in [6.45, 7) is 4.71. The highest BCUT2D eigenvalue weighted by atomic mass is 16.2. The van der Waals surface area contributed by atoms with Gasteiger partial charge >= 0.3 is 0 Å². The van der Waals surface area contributed by atoms with Gasteiger partial charge in [0.05, 0.1) is 5.41 Å². The first-order chi connectivity index (χ1) is 10.0. The molecule has 0 bridgehead atoms. The average molecular weight is 289 g/mol. The van der Waals surface area contributed by atoms with Gasteiger partial charge in [0, 0.05) is 12.6 Å². The van der Waals surface area contributed by atoms with Crippen LogP contribution in [0, 0.1) is 0 Å². The van der Waals surface area contributed by atoms with Crippen LogP contribution in [0.3, 0.4) is 0 Å². The van der Waals surface area contributed by atoms with Crippen molar-refractivity contribution in [3.63, 3.8) is 0 Å². The number of nitrogens with one attached hydrogen (secondary N) is 2. The van der Waals surface area contributed by atoms with E-state index in [-0.39, 0.29) is 17.4 Å². The minimum Gasteiger partial charge on any atom is -0.352 e. The van der Waals surface area contributed by atoms with E-state index in [0.29, 0.717) is 0 Å². The summed E-state index contributed by atoms with van der Waals surface area (Å²) < 4.78 is 0. The predicted molar refractivity (Wildman–Crippen MR) is 86.4 cm³/mol. The molecule has 0 radical (unpaired) electrons. The SMILES string of the molecule is CC(CN(C)C)NC(=O)C1(c2ccccc2)CCNCC1. The number of carbonyl (C=O) groups is 1. The minimum atomic E-state index is -0.382. The Morgan fingerprint density at radius 2 is 1.90 bits per heavy atom. The van der Waals surface area contributed by atoms with Gasteiger partial charge in [-0.25, -0.2) is 0 Å². The maximum atomic E-state index is 13.0. The van der Waals surface area contributed by atoms with Crippen molar-refractivity contribution in [1.82, 2.24) is 15.5 Å². The van der Waals surface area contributed by atoms with E-state index < -0.39 is 0 Å². The monoisotopic (exact) mass is 289 g/mol. The molecule has 0 aromatic heterocycles. The zero-order chi connectivity index (χ0) is 15.3. The fraction of sp³-hybridized carbons (Fsp3) is 0.588. The average Bonchev–Trinajstić information content (AvgIpc) is 2.48. The molecule has 1 aromatic carbocycles. The molecule has 1 atom stereocenters. The maximum Gasteiger partial charge on any atom is 0.231 e. The second-order valence-corrected chi connectivity index (χ2v) is 6.33. The van der Waals surface area contributed by atoms with Crippen molar-refractivity contribution in [2.24, 2.45) is 0 Å². The number of nitrogens with zero attached hydrogens (tertiary/aromatic N) is 1. The van der Waals surface area contributed by atoms with Crippen molar-refractivity contribution < 1.29 is 4.79 Å². The van der Waals surface area contributed by atoms with E-state index in [1.165, 1.54) is 0 Å². The van der Waals surface area contributed by atoms with Crippen LogP contribution in [-0.4, -0.2) is 50.6 Å². The number of likely N-dealkylation sites (N-methyl/N-ethyl adjacent to an activating group) is 1. The molecule has 116 valence electrons. The lowest BCUT2D eigenvalue weighted by atomic mass is 9.72. The van der Waals surface area contributed by atoms with Crippen LogP contribution in [0.2, 0.25) is 0 Å². The lowest BCUT2D eigenvalue weighted by molar-refractivity contribution is -0.128. The topological polar surface area (TPSA) is 44.4 Å². The molecular formula is C17H27N3O. The lowest BCUT2D eigenvalue weighted by Crippen LogP contribution is -2.53. The van der Waals surface area contributed by atoms with Crippen molar-refractivity contribution in [1.29, 1.82) is 0 Å². The smallest absolute Gasteiger partial charge is 0.231 e. The summed E-state index contributed by atoms with van der Waals surface area (Å²) in [6.07, 6.45) is 1.72. The Morgan fingerprint density at radius 1 is 1.29 bits per heavy atom. The third-order valence-corrected chi connectivity index (χ3v) is 4.23. The van der Waals surface area contributed by atoms with Crippen molar-refractivity contribution in [2.75, 3.05) is 33.7 Å². The van der Waals surface area contributed by atoms with Crippen LogP contribution < -0.4 is 10.6 Å². The molecule has 2 N–H and O–H groups in total. The van der Waals surface area contributed by atoms with E-state index in [4.69, 9.17) is 0 Å². The number of benzene rings is 1. The molecule has 1 aromatic rings. The Kier molecular flexibility index (Phi) is 5.37. The van der Waals surface area contributed by atoms with Gasteiger partial charge in [-0.3, -0.25) is 4.79 Å². The second-order valence-electron chi connectivity index (χ2n) is 6.33. The Balaban J connectivity index is 2.18. The van der Waals surface area contributed by atoms with E-state index in [0.717, 1.165) is 38.0 Å². The molecule has 1 amide bonds. The summed E-state index contributed by atoms with van der Waals surface area (Å²) >= 11 is 0. The second kappa shape index (κ2) is 7.05. The first-order valence-electron chi connectivity index (χ1n) is 7.76. The number of amides is 1. The van der Waals surface area contributed by atoms with Gasteiger partial charge in [-0.1, -0.05) is 30.3 Å². The molecule has 2 rings (SSSR count). The highest BCUT2D eigenvalue weighted by Gasteiger charge is 2.41. The van der Waals surface area contributed by atoms with Crippen molar-refractivity contribution in [2.45, 2.75) is 31.2 Å².